The van der Waals surface area contributed by atoms with E-state index in [1.165, 1.54) is 0 Å². The predicted molar refractivity (Wildman–Crippen MR) is 105 cm³/mol. The number of halogens is 4. The molecule has 0 bridgehead atoms. The van der Waals surface area contributed by atoms with E-state index in [1.54, 1.807) is 30.3 Å². The third-order valence-electron chi connectivity index (χ3n) is 4.62. The zero-order valence-electron chi connectivity index (χ0n) is 16.3. The fraction of sp³-hybridized carbons (Fsp3) is 0.250. The molecule has 1 atom stereocenters. The van der Waals surface area contributed by atoms with Gasteiger partial charge in [0.15, 0.2) is 0 Å². The van der Waals surface area contributed by atoms with Gasteiger partial charge in [-0.1, -0.05) is 30.3 Å². The van der Waals surface area contributed by atoms with Crippen LogP contribution in [0.2, 0.25) is 0 Å². The van der Waals surface area contributed by atoms with E-state index in [1.807, 2.05) is 0 Å². The molecule has 3 rings (SSSR count). The van der Waals surface area contributed by atoms with Gasteiger partial charge in [-0.05, 0) is 17.7 Å². The molecule has 7 nitrogen and oxygen atoms in total. The normalized spacial score (nSPS) is 13.5. The van der Waals surface area contributed by atoms with Gasteiger partial charge in [-0.25, -0.2) is 27.2 Å². The second-order valence-corrected chi connectivity index (χ2v) is 7.56. The Morgan fingerprint density at radius 2 is 1.84 bits per heavy atom. The van der Waals surface area contributed by atoms with Gasteiger partial charge >= 0.3 is 0 Å². The Balaban J connectivity index is 2.00. The van der Waals surface area contributed by atoms with Crippen molar-refractivity contribution in [3.8, 4) is 0 Å². The largest absolute Gasteiger partial charge is 0.377 e. The monoisotopic (exact) mass is 471 g/mol. The number of rotatable bonds is 8. The summed E-state index contributed by atoms with van der Waals surface area (Å²) in [6.07, 6.45) is 0.400. The van der Waals surface area contributed by atoms with Crippen LogP contribution in [0.1, 0.15) is 17.5 Å². The number of hydrogen-bond donors (Lipinski definition) is 1. The highest BCUT2D eigenvalue weighted by molar-refractivity contribution is 7.73. The maximum atomic E-state index is 15.4. The predicted octanol–water partition coefficient (Wildman–Crippen LogP) is 2.54. The first-order valence-electron chi connectivity index (χ1n) is 9.16. The molecule has 0 aliphatic heterocycles. The maximum Gasteiger partial charge on any atom is 0.289 e. The summed E-state index contributed by atoms with van der Waals surface area (Å²) in [4.78, 5) is 2.10. The van der Waals surface area contributed by atoms with Gasteiger partial charge in [0.1, 0.15) is 24.3 Å². The summed E-state index contributed by atoms with van der Waals surface area (Å²) >= 11 is 0. The standard InChI is InChI=1S/C20H17F4N3O4S/c21-15-6-7-16(17(22)10-15)20(28,18(32(29)30)27-13-25-12-26-27)19(23,24)8-9-31-11-14-4-2-1-3-5-14/h1-7,10,12-13,28H,8-9,11H2. The Morgan fingerprint density at radius 3 is 2.44 bits per heavy atom. The Bertz CT molecular complexity index is 1200. The molecule has 0 aliphatic rings. The van der Waals surface area contributed by atoms with Crippen molar-refractivity contribution in [3.63, 3.8) is 0 Å². The Kier molecular flexibility index (Phi) is 7.06. The third-order valence-corrected chi connectivity index (χ3v) is 5.41. The van der Waals surface area contributed by atoms with Crippen LogP contribution in [-0.4, -0.2) is 45.8 Å². The molecule has 0 aliphatic carbocycles. The van der Waals surface area contributed by atoms with Crippen molar-refractivity contribution in [2.45, 2.75) is 24.6 Å². The molecule has 0 radical (unpaired) electrons. The zero-order chi connectivity index (χ0) is 23.4. The molecule has 1 heterocycles. The van der Waals surface area contributed by atoms with Crippen LogP contribution >= 0.6 is 0 Å². The van der Waals surface area contributed by atoms with Gasteiger partial charge in [0.25, 0.3) is 5.92 Å². The zero-order valence-corrected chi connectivity index (χ0v) is 17.1. The van der Waals surface area contributed by atoms with E-state index < -0.39 is 57.0 Å². The number of aromatic nitrogens is 3. The van der Waals surface area contributed by atoms with Crippen LogP contribution in [0.15, 0.2) is 61.2 Å². The number of benzene rings is 2. The van der Waals surface area contributed by atoms with Crippen LogP contribution in [0.3, 0.4) is 0 Å². The molecule has 0 amide bonds. The number of aliphatic hydroxyl groups is 1. The van der Waals surface area contributed by atoms with Crippen molar-refractivity contribution in [3.05, 3.63) is 83.9 Å². The molecule has 0 fully saturated rings. The number of ether oxygens (including phenoxy) is 1. The molecule has 3 aromatic rings. The lowest BCUT2D eigenvalue weighted by Gasteiger charge is -2.36. The van der Waals surface area contributed by atoms with Gasteiger partial charge < -0.3 is 9.84 Å². The van der Waals surface area contributed by atoms with E-state index in [0.29, 0.717) is 22.4 Å². The highest BCUT2D eigenvalue weighted by Crippen LogP contribution is 2.42. The fourth-order valence-corrected chi connectivity index (χ4v) is 3.82. The molecule has 0 saturated heterocycles. The lowest BCUT2D eigenvalue weighted by molar-refractivity contribution is -0.162. The van der Waals surface area contributed by atoms with Gasteiger partial charge in [0, 0.05) is 18.1 Å². The molecule has 1 unspecified atom stereocenters. The van der Waals surface area contributed by atoms with Crippen molar-refractivity contribution in [2.24, 2.45) is 0 Å². The van der Waals surface area contributed by atoms with Crippen LogP contribution in [0.5, 0.6) is 0 Å². The average Bonchev–Trinajstić information content (AvgIpc) is 3.25. The molecular weight excluding hydrogens is 454 g/mol. The van der Waals surface area contributed by atoms with Crippen LogP contribution in [0.4, 0.5) is 17.6 Å². The second-order valence-electron chi connectivity index (χ2n) is 6.71. The van der Waals surface area contributed by atoms with E-state index in [9.17, 15) is 22.3 Å². The van der Waals surface area contributed by atoms with Gasteiger partial charge in [-0.2, -0.15) is 13.5 Å². The summed E-state index contributed by atoms with van der Waals surface area (Å²) < 4.78 is 88.2. The minimum absolute atomic E-state index is 0.0204. The molecule has 0 spiro atoms. The topological polar surface area (TPSA) is 94.3 Å². The minimum atomic E-state index is -4.29. The number of hydrogen-bond acceptors (Lipinski definition) is 6. The molecular formula is C20H17F4N3O4S. The summed E-state index contributed by atoms with van der Waals surface area (Å²) in [7, 11) is -3.50. The third kappa shape index (κ3) is 4.71. The van der Waals surface area contributed by atoms with Gasteiger partial charge in [0.2, 0.25) is 20.9 Å². The van der Waals surface area contributed by atoms with Gasteiger partial charge in [0.05, 0.1) is 13.2 Å². The van der Waals surface area contributed by atoms with Gasteiger partial charge in [-0.15, -0.1) is 0 Å². The van der Waals surface area contributed by atoms with Crippen molar-refractivity contribution in [1.29, 1.82) is 0 Å². The first-order chi connectivity index (χ1) is 15.2. The molecule has 1 N–H and O–H groups in total. The molecule has 2 aromatic carbocycles. The highest BCUT2D eigenvalue weighted by atomic mass is 32.2. The smallest absolute Gasteiger partial charge is 0.289 e. The fourth-order valence-electron chi connectivity index (χ4n) is 3.07. The Labute approximate surface area is 181 Å². The van der Waals surface area contributed by atoms with Crippen LogP contribution < -0.4 is 0 Å². The number of nitrogens with zero attached hydrogens (tertiary/aromatic N) is 3. The van der Waals surface area contributed by atoms with E-state index in [4.69, 9.17) is 4.74 Å². The van der Waals surface area contributed by atoms with Crippen LogP contribution in [-0.2, 0) is 27.2 Å². The van der Waals surface area contributed by atoms with E-state index in [0.717, 1.165) is 12.7 Å². The first-order valence-corrected chi connectivity index (χ1v) is 10.2. The summed E-state index contributed by atoms with van der Waals surface area (Å²) in [5.74, 6) is -6.96. The van der Waals surface area contributed by atoms with Crippen LogP contribution in [0.25, 0.3) is 0 Å². The quantitative estimate of drug-likeness (QED) is 0.308. The SMILES string of the molecule is O=S(=O)=C(n1cncn1)C(O)(c1ccc(F)cc1F)C(F)(F)CCOCc1ccccc1. The van der Waals surface area contributed by atoms with E-state index >= 15 is 8.78 Å². The average molecular weight is 471 g/mol. The maximum absolute atomic E-state index is 15.4. The van der Waals surface area contributed by atoms with Crippen molar-refractivity contribution < 1.29 is 35.8 Å². The Morgan fingerprint density at radius 1 is 1.12 bits per heavy atom. The second kappa shape index (κ2) is 9.59. The Hall–Kier alpha value is -3.09. The van der Waals surface area contributed by atoms with Crippen LogP contribution in [0, 0.1) is 11.6 Å². The van der Waals surface area contributed by atoms with E-state index in [2.05, 4.69) is 10.1 Å². The summed E-state index contributed by atoms with van der Waals surface area (Å²) in [5.41, 5.74) is -4.20. The molecule has 0 saturated carbocycles. The van der Waals surface area contributed by atoms with Gasteiger partial charge in [-0.3, -0.25) is 0 Å². The molecule has 170 valence electrons. The van der Waals surface area contributed by atoms with Crippen molar-refractivity contribution >= 4 is 15.3 Å². The molecule has 12 heteroatoms. The van der Waals surface area contributed by atoms with Crippen molar-refractivity contribution in [1.82, 2.24) is 14.8 Å². The summed E-state index contributed by atoms with van der Waals surface area (Å²) in [6.45, 7) is -0.628. The lowest BCUT2D eigenvalue weighted by atomic mass is 9.84. The summed E-state index contributed by atoms with van der Waals surface area (Å²) in [6, 6.07) is 10.1. The highest BCUT2D eigenvalue weighted by Gasteiger charge is 2.60. The van der Waals surface area contributed by atoms with E-state index in [-0.39, 0.29) is 12.7 Å². The lowest BCUT2D eigenvalue weighted by Crippen LogP contribution is -2.55. The first kappa shape index (κ1) is 23.6. The number of alkyl halides is 2. The minimum Gasteiger partial charge on any atom is -0.377 e. The molecule has 1 aromatic heterocycles. The van der Waals surface area contributed by atoms with Crippen molar-refractivity contribution in [2.75, 3.05) is 6.61 Å². The summed E-state index contributed by atoms with van der Waals surface area (Å²) in [5, 5.41) is 14.6. The molecule has 32 heavy (non-hydrogen) atoms.